The Balaban J connectivity index is 0.000000671. The van der Waals surface area contributed by atoms with Crippen molar-refractivity contribution in [1.82, 2.24) is 5.48 Å². The Morgan fingerprint density at radius 1 is 1.23 bits per heavy atom. The van der Waals surface area contributed by atoms with E-state index < -0.39 is 0 Å². The Morgan fingerprint density at radius 3 is 2.38 bits per heavy atom. The van der Waals surface area contributed by atoms with Gasteiger partial charge in [-0.2, -0.15) is 5.48 Å². The highest BCUT2D eigenvalue weighted by Crippen LogP contribution is 2.20. The quantitative estimate of drug-likeness (QED) is 0.596. The van der Waals surface area contributed by atoms with Gasteiger partial charge in [-0.05, 0) is 18.6 Å². The average Bonchev–Trinajstić information content (AvgIpc) is 2.20. The molecule has 1 aromatic carbocycles. The molecule has 1 aromatic rings. The molecule has 13 heavy (non-hydrogen) atoms. The van der Waals surface area contributed by atoms with Crippen LogP contribution in [0.1, 0.15) is 19.4 Å². The maximum Gasteiger partial charge on any atom is 0.0527 e. The smallest absolute Gasteiger partial charge is 0.0527 e. The van der Waals surface area contributed by atoms with Crippen molar-refractivity contribution in [3.63, 3.8) is 0 Å². The van der Waals surface area contributed by atoms with Crippen molar-refractivity contribution < 1.29 is 4.28 Å². The summed E-state index contributed by atoms with van der Waals surface area (Å²) in [6.07, 6.45) is 0. The van der Waals surface area contributed by atoms with Gasteiger partial charge in [-0.25, -0.2) is 4.28 Å². The number of aryl methyl sites for hydroxylation is 1. The van der Waals surface area contributed by atoms with Gasteiger partial charge in [0, 0.05) is 11.9 Å². The first-order valence-corrected chi connectivity index (χ1v) is 5.14. The number of hydrogen-bond donors (Lipinski definition) is 1. The molecule has 74 valence electrons. The number of rotatable bonds is 3. The lowest BCUT2D eigenvalue weighted by atomic mass is 10.2. The van der Waals surface area contributed by atoms with E-state index in [-0.39, 0.29) is 0 Å². The summed E-state index contributed by atoms with van der Waals surface area (Å²) < 4.78 is 4.97. The highest BCUT2D eigenvalue weighted by molar-refractivity contribution is 7.94. The van der Waals surface area contributed by atoms with E-state index in [1.165, 1.54) is 17.6 Å². The third-order valence-corrected chi connectivity index (χ3v) is 2.20. The van der Waals surface area contributed by atoms with Crippen LogP contribution in [0.15, 0.2) is 29.2 Å². The predicted octanol–water partition coefficient (Wildman–Crippen LogP) is 3.18. The molecule has 0 amide bonds. The van der Waals surface area contributed by atoms with Crippen molar-refractivity contribution in [3.05, 3.63) is 29.8 Å². The molecule has 0 radical (unpaired) electrons. The summed E-state index contributed by atoms with van der Waals surface area (Å²) >= 11 is 1.34. The molecule has 1 N–H and O–H groups in total. The van der Waals surface area contributed by atoms with Gasteiger partial charge in [0.2, 0.25) is 0 Å². The lowest BCUT2D eigenvalue weighted by molar-refractivity contribution is 0.271. The zero-order chi connectivity index (χ0) is 10.1. The molecule has 2 nitrogen and oxygen atoms in total. The third kappa shape index (κ3) is 4.93. The van der Waals surface area contributed by atoms with Crippen molar-refractivity contribution in [2.75, 3.05) is 7.05 Å². The second-order valence-corrected chi connectivity index (χ2v) is 2.91. The van der Waals surface area contributed by atoms with Crippen LogP contribution in [0.5, 0.6) is 0 Å². The predicted molar refractivity (Wildman–Crippen MR) is 58.5 cm³/mol. The summed E-state index contributed by atoms with van der Waals surface area (Å²) in [6, 6.07) is 8.09. The molecule has 1 rings (SSSR count). The van der Waals surface area contributed by atoms with E-state index in [1.54, 1.807) is 7.05 Å². The summed E-state index contributed by atoms with van der Waals surface area (Å²) in [5.41, 5.74) is 3.84. The van der Waals surface area contributed by atoms with E-state index >= 15 is 0 Å². The van der Waals surface area contributed by atoms with Gasteiger partial charge in [0.15, 0.2) is 0 Å². The fourth-order valence-electron chi connectivity index (χ4n) is 0.736. The minimum absolute atomic E-state index is 1.14. The monoisotopic (exact) mass is 199 g/mol. The van der Waals surface area contributed by atoms with Gasteiger partial charge in [0.1, 0.15) is 0 Å². The van der Waals surface area contributed by atoms with Crippen molar-refractivity contribution in [2.24, 2.45) is 0 Å². The Morgan fingerprint density at radius 2 is 1.85 bits per heavy atom. The Labute approximate surface area is 84.8 Å². The van der Waals surface area contributed by atoms with Crippen molar-refractivity contribution in [2.45, 2.75) is 25.7 Å². The second-order valence-electron chi connectivity index (χ2n) is 2.14. The van der Waals surface area contributed by atoms with Crippen LogP contribution >= 0.6 is 12.0 Å². The third-order valence-electron chi connectivity index (χ3n) is 1.31. The van der Waals surface area contributed by atoms with Crippen LogP contribution < -0.4 is 5.48 Å². The first-order chi connectivity index (χ1) is 6.34. The summed E-state index contributed by atoms with van der Waals surface area (Å²) in [5.74, 6) is 0. The molecule has 0 fully saturated rings. The summed E-state index contributed by atoms with van der Waals surface area (Å²) in [4.78, 5) is 1.14. The van der Waals surface area contributed by atoms with Crippen molar-refractivity contribution in [1.29, 1.82) is 0 Å². The summed E-state index contributed by atoms with van der Waals surface area (Å²) in [5, 5.41) is 0. The van der Waals surface area contributed by atoms with Crippen LogP contribution in [0.3, 0.4) is 0 Å². The fraction of sp³-hybridized carbons (Fsp3) is 0.400. The van der Waals surface area contributed by atoms with E-state index in [1.807, 2.05) is 32.0 Å². The number of nitrogens with one attached hydrogen (secondary N) is 1. The molecule has 0 aliphatic heterocycles. The normalized spacial score (nSPS) is 8.92. The highest BCUT2D eigenvalue weighted by atomic mass is 32.2. The molecule has 0 saturated carbocycles. The van der Waals surface area contributed by atoms with Gasteiger partial charge in [-0.3, -0.25) is 0 Å². The largest absolute Gasteiger partial charge is 0.227 e. The van der Waals surface area contributed by atoms with E-state index in [0.29, 0.717) is 0 Å². The maximum atomic E-state index is 4.97. The molecule has 0 aromatic heterocycles. The highest BCUT2D eigenvalue weighted by Gasteiger charge is 1.96. The van der Waals surface area contributed by atoms with Gasteiger partial charge in [-0.15, -0.1) is 0 Å². The van der Waals surface area contributed by atoms with Crippen LogP contribution in [0, 0.1) is 6.92 Å². The van der Waals surface area contributed by atoms with E-state index in [2.05, 4.69) is 18.5 Å². The Kier molecular flexibility index (Phi) is 7.79. The van der Waals surface area contributed by atoms with Crippen LogP contribution in [0.25, 0.3) is 0 Å². The number of hydrogen-bond acceptors (Lipinski definition) is 3. The van der Waals surface area contributed by atoms with Gasteiger partial charge >= 0.3 is 0 Å². The molecule has 0 saturated heterocycles. The topological polar surface area (TPSA) is 21.3 Å². The number of benzene rings is 1. The fourth-order valence-corrected chi connectivity index (χ4v) is 1.24. The zero-order valence-corrected chi connectivity index (χ0v) is 9.44. The second kappa shape index (κ2) is 8.10. The molecule has 0 unspecified atom stereocenters. The minimum Gasteiger partial charge on any atom is -0.227 e. The molecule has 3 heteroatoms. The molecular formula is C10H17NOS. The lowest BCUT2D eigenvalue weighted by Crippen LogP contribution is -1.99. The van der Waals surface area contributed by atoms with Crippen molar-refractivity contribution in [3.8, 4) is 0 Å². The Bertz CT molecular complexity index is 228. The SMILES string of the molecule is CC.CNOSc1ccccc1C. The first-order valence-electron chi connectivity index (χ1n) is 4.40. The average molecular weight is 199 g/mol. The number of hydroxylamine groups is 1. The van der Waals surface area contributed by atoms with E-state index in [4.69, 9.17) is 4.28 Å². The van der Waals surface area contributed by atoms with Crippen LogP contribution in [-0.4, -0.2) is 7.05 Å². The molecular weight excluding hydrogens is 182 g/mol. The molecule has 0 aliphatic carbocycles. The Hall–Kier alpha value is -0.510. The van der Waals surface area contributed by atoms with Crippen LogP contribution in [0.4, 0.5) is 0 Å². The molecule has 0 bridgehead atoms. The lowest BCUT2D eigenvalue weighted by Gasteiger charge is -2.02. The van der Waals surface area contributed by atoms with Crippen molar-refractivity contribution >= 4 is 12.0 Å². The van der Waals surface area contributed by atoms with Crippen LogP contribution in [-0.2, 0) is 4.28 Å². The van der Waals surface area contributed by atoms with Crippen LogP contribution in [0.2, 0.25) is 0 Å². The molecule has 0 heterocycles. The van der Waals surface area contributed by atoms with Gasteiger partial charge in [0.05, 0.1) is 12.0 Å². The summed E-state index contributed by atoms with van der Waals surface area (Å²) in [7, 11) is 1.74. The maximum absolute atomic E-state index is 4.97. The first kappa shape index (κ1) is 12.5. The zero-order valence-electron chi connectivity index (χ0n) is 8.63. The van der Waals surface area contributed by atoms with Gasteiger partial charge < -0.3 is 0 Å². The van der Waals surface area contributed by atoms with Gasteiger partial charge in [0.25, 0.3) is 0 Å². The molecule has 0 aliphatic rings. The molecule has 0 atom stereocenters. The molecule has 0 spiro atoms. The van der Waals surface area contributed by atoms with E-state index in [9.17, 15) is 0 Å². The minimum atomic E-state index is 1.14. The van der Waals surface area contributed by atoms with Gasteiger partial charge in [-0.1, -0.05) is 32.0 Å². The standard InChI is InChI=1S/C8H11NOS.C2H6/c1-7-5-3-4-6-8(7)11-10-9-2;1-2/h3-6,9H,1-2H3;1-2H3. The van der Waals surface area contributed by atoms with E-state index in [0.717, 1.165) is 4.90 Å². The summed E-state index contributed by atoms with van der Waals surface area (Å²) in [6.45, 7) is 6.06.